The number of amides is 1. The molecule has 13 nitrogen and oxygen atoms in total. The van der Waals surface area contributed by atoms with Crippen molar-refractivity contribution in [2.45, 2.75) is 65.5 Å². The molecule has 2 N–H and O–H groups in total. The summed E-state index contributed by atoms with van der Waals surface area (Å²) in [6.45, 7) is 8.31. The van der Waals surface area contributed by atoms with Crippen LogP contribution in [0.5, 0.6) is 0 Å². The van der Waals surface area contributed by atoms with Gasteiger partial charge in [-0.3, -0.25) is 18.0 Å². The molecule has 1 aromatic rings. The van der Waals surface area contributed by atoms with Gasteiger partial charge in [-0.2, -0.15) is 16.8 Å². The lowest BCUT2D eigenvalue weighted by atomic mass is 9.67. The fourth-order valence-corrected chi connectivity index (χ4v) is 5.41. The van der Waals surface area contributed by atoms with Crippen LogP contribution in [0.15, 0.2) is 18.2 Å². The molecule has 0 unspecified atom stereocenters. The summed E-state index contributed by atoms with van der Waals surface area (Å²) < 4.78 is 70.5. The summed E-state index contributed by atoms with van der Waals surface area (Å²) in [6.07, 6.45) is 0.699. The SMILES string of the molecule is CC(C)(C)N(C(=O)c1ccc(N(CCOS(C)(=O)=O)CCOS(C)(=O)=O)c(F)c1)[C@@](CCC(=O)O)(C(=O)O)C(C)(C)C. The van der Waals surface area contributed by atoms with Crippen LogP contribution >= 0.6 is 0 Å². The summed E-state index contributed by atoms with van der Waals surface area (Å²) in [5.41, 5.74) is -4.68. The number of anilines is 1. The molecule has 0 aliphatic carbocycles. The number of carbonyl (C=O) groups is 3. The number of aliphatic carboxylic acids is 2. The molecule has 0 aliphatic rings. The smallest absolute Gasteiger partial charge is 0.330 e. The Hall–Kier alpha value is -2.82. The molecule has 0 saturated heterocycles. The van der Waals surface area contributed by atoms with Crippen molar-refractivity contribution in [3.05, 3.63) is 29.6 Å². The summed E-state index contributed by atoms with van der Waals surface area (Å²) in [5, 5.41) is 19.8. The van der Waals surface area contributed by atoms with E-state index in [1.165, 1.54) is 17.0 Å². The number of halogens is 1. The van der Waals surface area contributed by atoms with Gasteiger partial charge in [0.15, 0.2) is 0 Å². The van der Waals surface area contributed by atoms with Crippen LogP contribution in [0.1, 0.15) is 64.7 Å². The van der Waals surface area contributed by atoms with E-state index < -0.39 is 86.4 Å². The predicted octanol–water partition coefficient (Wildman–Crippen LogP) is 2.56. The second-order valence-electron chi connectivity index (χ2n) is 11.8. The minimum absolute atomic E-state index is 0.130. The van der Waals surface area contributed by atoms with Crippen LogP contribution in [-0.4, -0.2) is 99.7 Å². The Labute approximate surface area is 246 Å². The van der Waals surface area contributed by atoms with Crippen LogP contribution in [0.25, 0.3) is 0 Å². The third-order valence-electron chi connectivity index (χ3n) is 6.40. The Balaban J connectivity index is 3.64. The van der Waals surface area contributed by atoms with E-state index in [4.69, 9.17) is 8.37 Å². The van der Waals surface area contributed by atoms with Crippen molar-refractivity contribution >= 4 is 43.8 Å². The highest BCUT2D eigenvalue weighted by Gasteiger charge is 2.58. The number of nitrogens with zero attached hydrogens (tertiary/aromatic N) is 2. The first-order chi connectivity index (χ1) is 18.8. The molecule has 0 aliphatic heterocycles. The number of rotatable bonds is 15. The molecule has 16 heteroatoms. The zero-order valence-electron chi connectivity index (χ0n) is 25.1. The third-order valence-corrected chi connectivity index (χ3v) is 7.59. The highest BCUT2D eigenvalue weighted by molar-refractivity contribution is 7.86. The molecule has 0 spiro atoms. The fourth-order valence-electron chi connectivity index (χ4n) is 4.66. The summed E-state index contributed by atoms with van der Waals surface area (Å²) >= 11 is 0. The first-order valence-corrected chi connectivity index (χ1v) is 16.5. The van der Waals surface area contributed by atoms with E-state index in [-0.39, 0.29) is 24.3 Å². The molecule has 1 rings (SSSR count). The van der Waals surface area contributed by atoms with Crippen molar-refractivity contribution < 1.29 is 54.2 Å². The van der Waals surface area contributed by atoms with Gasteiger partial charge in [0.1, 0.15) is 11.4 Å². The molecule has 1 atom stereocenters. The second kappa shape index (κ2) is 13.7. The normalized spacial score (nSPS) is 14.2. The standard InChI is InChI=1S/C26H41FN2O11S2/c1-24(2,3)26(23(33)34,12-11-21(30)31)29(25(4,5)6)22(32)18-9-10-20(19(27)17-18)28(13-15-39-41(7,35)36)14-16-40-42(8,37)38/h9-10,17H,11-16H2,1-8H3,(H,30,31)(H,33,34)/t26-/m0/s1. The van der Waals surface area contributed by atoms with Gasteiger partial charge >= 0.3 is 11.9 Å². The molecule has 240 valence electrons. The summed E-state index contributed by atoms with van der Waals surface area (Å²) in [6, 6.07) is 3.33. The first-order valence-electron chi connectivity index (χ1n) is 12.9. The van der Waals surface area contributed by atoms with Crippen LogP contribution in [0.3, 0.4) is 0 Å². The van der Waals surface area contributed by atoms with E-state index in [2.05, 4.69) is 0 Å². The van der Waals surface area contributed by atoms with Crippen molar-refractivity contribution in [1.82, 2.24) is 4.90 Å². The molecule has 1 amide bonds. The highest BCUT2D eigenvalue weighted by atomic mass is 32.2. The van der Waals surface area contributed by atoms with E-state index in [9.17, 15) is 41.4 Å². The van der Waals surface area contributed by atoms with Gasteiger partial charge in [0.25, 0.3) is 26.1 Å². The molecule has 0 heterocycles. The molecule has 0 saturated carbocycles. The maximum atomic E-state index is 15.6. The first kappa shape index (κ1) is 37.2. The summed E-state index contributed by atoms with van der Waals surface area (Å²) in [7, 11) is -7.65. The van der Waals surface area contributed by atoms with Crippen molar-refractivity contribution in [3.8, 4) is 0 Å². The van der Waals surface area contributed by atoms with Crippen molar-refractivity contribution in [2.24, 2.45) is 5.41 Å². The molecule has 0 bridgehead atoms. The van der Waals surface area contributed by atoms with Gasteiger partial charge in [0.2, 0.25) is 0 Å². The van der Waals surface area contributed by atoms with Gasteiger partial charge in [-0.1, -0.05) is 20.8 Å². The van der Waals surface area contributed by atoms with E-state index in [1.807, 2.05) is 0 Å². The van der Waals surface area contributed by atoms with Crippen molar-refractivity contribution in [3.63, 3.8) is 0 Å². The van der Waals surface area contributed by atoms with Crippen LogP contribution in [0, 0.1) is 11.2 Å². The number of carbonyl (C=O) groups excluding carboxylic acids is 1. The Bertz CT molecular complexity index is 1330. The maximum absolute atomic E-state index is 15.6. The lowest BCUT2D eigenvalue weighted by molar-refractivity contribution is -0.164. The molecule has 0 radical (unpaired) electrons. The fraction of sp³-hybridized carbons (Fsp3) is 0.654. The Morgan fingerprint density at radius 1 is 0.881 bits per heavy atom. The largest absolute Gasteiger partial charge is 0.481 e. The van der Waals surface area contributed by atoms with E-state index in [1.54, 1.807) is 41.5 Å². The molecule has 1 aromatic carbocycles. The molecular formula is C26H41FN2O11S2. The number of hydrogen-bond donors (Lipinski definition) is 2. The highest BCUT2D eigenvalue weighted by Crippen LogP contribution is 2.44. The zero-order valence-corrected chi connectivity index (χ0v) is 26.8. The van der Waals surface area contributed by atoms with E-state index in [0.29, 0.717) is 0 Å². The van der Waals surface area contributed by atoms with Crippen LogP contribution in [0.4, 0.5) is 10.1 Å². The molecule has 42 heavy (non-hydrogen) atoms. The van der Waals surface area contributed by atoms with Crippen LogP contribution < -0.4 is 4.90 Å². The quantitative estimate of drug-likeness (QED) is 0.267. The van der Waals surface area contributed by atoms with E-state index in [0.717, 1.165) is 23.5 Å². The number of carboxylic acid groups (broad SMARTS) is 2. The Kier molecular flexibility index (Phi) is 12.1. The number of carboxylic acids is 2. The van der Waals surface area contributed by atoms with Crippen molar-refractivity contribution in [1.29, 1.82) is 0 Å². The minimum atomic E-state index is -3.82. The molecule has 0 aromatic heterocycles. The predicted molar refractivity (Wildman–Crippen MR) is 153 cm³/mol. The Morgan fingerprint density at radius 3 is 1.69 bits per heavy atom. The summed E-state index contributed by atoms with van der Waals surface area (Å²) in [5.74, 6) is -4.47. The lowest BCUT2D eigenvalue weighted by Crippen LogP contribution is -2.69. The minimum Gasteiger partial charge on any atom is -0.481 e. The molecule has 0 fully saturated rings. The maximum Gasteiger partial charge on any atom is 0.330 e. The second-order valence-corrected chi connectivity index (χ2v) is 15.1. The number of hydrogen-bond acceptors (Lipinski definition) is 10. The van der Waals surface area contributed by atoms with Gasteiger partial charge in [-0.05, 0) is 50.8 Å². The van der Waals surface area contributed by atoms with Crippen molar-refractivity contribution in [2.75, 3.05) is 43.7 Å². The third kappa shape index (κ3) is 10.2. The van der Waals surface area contributed by atoms with Crippen LogP contribution in [-0.2, 0) is 38.2 Å². The average Bonchev–Trinajstić information content (AvgIpc) is 2.76. The van der Waals surface area contributed by atoms with Gasteiger partial charge in [-0.25, -0.2) is 9.18 Å². The number of benzene rings is 1. The van der Waals surface area contributed by atoms with Gasteiger partial charge in [0, 0.05) is 30.6 Å². The average molecular weight is 641 g/mol. The monoisotopic (exact) mass is 640 g/mol. The topological polar surface area (TPSA) is 185 Å². The van der Waals surface area contributed by atoms with E-state index >= 15 is 4.39 Å². The van der Waals surface area contributed by atoms with Gasteiger partial charge in [0.05, 0.1) is 31.4 Å². The van der Waals surface area contributed by atoms with Gasteiger partial charge in [-0.15, -0.1) is 0 Å². The van der Waals surface area contributed by atoms with Crippen LogP contribution in [0.2, 0.25) is 0 Å². The van der Waals surface area contributed by atoms with Gasteiger partial charge < -0.3 is 20.0 Å². The summed E-state index contributed by atoms with van der Waals surface area (Å²) in [4.78, 5) is 40.7. The molecular weight excluding hydrogens is 599 g/mol. The Morgan fingerprint density at radius 2 is 1.36 bits per heavy atom. The zero-order chi connectivity index (χ0) is 32.9. The lowest BCUT2D eigenvalue weighted by Gasteiger charge is -2.54.